The van der Waals surface area contributed by atoms with Crippen LogP contribution in [0.2, 0.25) is 0 Å². The molecule has 5 heterocycles. The maximum Gasteiger partial charge on any atom is 0.407 e. The van der Waals surface area contributed by atoms with Gasteiger partial charge in [0, 0.05) is 43.3 Å². The molecule has 19 heteroatoms. The summed E-state index contributed by atoms with van der Waals surface area (Å²) in [6, 6.07) is 13.3. The third kappa shape index (κ3) is 10.6. The molecule has 4 atom stereocenters. The fourth-order valence-electron chi connectivity index (χ4n) is 8.43. The number of hydrogen-bond acceptors (Lipinski definition) is 13. The minimum Gasteiger partial charge on any atom is -0.487 e. The van der Waals surface area contributed by atoms with Crippen molar-refractivity contribution in [2.45, 2.75) is 63.7 Å². The van der Waals surface area contributed by atoms with Gasteiger partial charge in [-0.25, -0.2) is 19.6 Å². The molecule has 2 fully saturated rings. The topological polar surface area (TPSA) is 212 Å². The lowest BCUT2D eigenvalue weighted by atomic mass is 9.98. The summed E-state index contributed by atoms with van der Waals surface area (Å²) in [6.45, 7) is 5.98. The van der Waals surface area contributed by atoms with E-state index in [9.17, 15) is 19.2 Å². The first-order chi connectivity index (χ1) is 32.1. The number of alkyl carbamates (subject to hydrolysis) is 2. The molecule has 7 rings (SSSR count). The second kappa shape index (κ2) is 22.2. The van der Waals surface area contributed by atoms with E-state index in [2.05, 4.69) is 20.6 Å². The van der Waals surface area contributed by atoms with Crippen molar-refractivity contribution in [1.29, 1.82) is 0 Å². The van der Waals surface area contributed by atoms with E-state index in [1.807, 2.05) is 67.8 Å². The highest BCUT2D eigenvalue weighted by molar-refractivity contribution is 7.10. The summed E-state index contributed by atoms with van der Waals surface area (Å²) in [6.07, 6.45) is 5.15. The van der Waals surface area contributed by atoms with Crippen LogP contribution >= 0.6 is 11.3 Å². The maximum absolute atomic E-state index is 14.1. The summed E-state index contributed by atoms with van der Waals surface area (Å²) in [4.78, 5) is 72.9. The minimum atomic E-state index is -0.902. The van der Waals surface area contributed by atoms with Crippen LogP contribution in [0.15, 0.2) is 66.3 Å². The minimum absolute atomic E-state index is 0.140. The molecule has 2 aliphatic heterocycles. The Morgan fingerprint density at radius 1 is 0.697 bits per heavy atom. The van der Waals surface area contributed by atoms with Crippen LogP contribution in [-0.4, -0.2) is 128 Å². The summed E-state index contributed by atoms with van der Waals surface area (Å²) >= 11 is 1.38. The number of benzene rings is 2. The number of H-pyrrole nitrogens is 2. The fourth-order valence-corrected chi connectivity index (χ4v) is 9.20. The first-order valence-corrected chi connectivity index (χ1v) is 22.9. The smallest absolute Gasteiger partial charge is 0.407 e. The molecule has 4 unspecified atom stereocenters. The van der Waals surface area contributed by atoms with Crippen LogP contribution in [0.25, 0.3) is 33.6 Å². The lowest BCUT2D eigenvalue weighted by molar-refractivity contribution is -0.135. The van der Waals surface area contributed by atoms with Crippen LogP contribution in [0.5, 0.6) is 11.5 Å². The number of carbonyl (C=O) groups excluding carboxylic acids is 4. The van der Waals surface area contributed by atoms with Gasteiger partial charge in [0.2, 0.25) is 5.91 Å². The van der Waals surface area contributed by atoms with Crippen LogP contribution in [0, 0.1) is 5.92 Å². The zero-order chi connectivity index (χ0) is 46.7. The third-order valence-corrected chi connectivity index (χ3v) is 12.7. The second-order valence-electron chi connectivity index (χ2n) is 16.3. The van der Waals surface area contributed by atoms with Crippen LogP contribution in [0.1, 0.15) is 74.2 Å². The van der Waals surface area contributed by atoms with E-state index in [0.717, 1.165) is 41.6 Å². The van der Waals surface area contributed by atoms with Crippen molar-refractivity contribution in [3.05, 3.63) is 82.8 Å². The van der Waals surface area contributed by atoms with E-state index >= 15 is 0 Å². The van der Waals surface area contributed by atoms with Gasteiger partial charge < -0.3 is 58.8 Å². The third-order valence-electron chi connectivity index (χ3n) is 11.8. The Labute approximate surface area is 387 Å². The van der Waals surface area contributed by atoms with E-state index in [1.165, 1.54) is 25.6 Å². The highest BCUT2D eigenvalue weighted by atomic mass is 32.1. The molecule has 4 amide bonds. The Bertz CT molecular complexity index is 2420. The van der Waals surface area contributed by atoms with Crippen molar-refractivity contribution < 1.29 is 47.6 Å². The number of nitrogens with one attached hydrogen (secondary N) is 4. The molecule has 0 spiro atoms. The number of thiophene rings is 1. The first-order valence-electron chi connectivity index (χ1n) is 22.0. The summed E-state index contributed by atoms with van der Waals surface area (Å²) in [7, 11) is 5.77. The van der Waals surface area contributed by atoms with Gasteiger partial charge in [0.25, 0.3) is 5.91 Å². The van der Waals surface area contributed by atoms with Gasteiger partial charge in [-0.2, -0.15) is 0 Å². The SMILES string of the molecule is COCCOc1c(-c2ccc(-c3cnc(C4CCCN4C(=O)C(NC(=O)OC)C(C)C)[nH]3)cc2)ccc(-c2cnc(C3CCCN3C(=O)C(NC(=O)OC)c3cccs3)[nH]2)c1OCCOC. The van der Waals surface area contributed by atoms with Crippen LogP contribution < -0.4 is 20.1 Å². The molecular weight excluding hydrogens is 869 g/mol. The number of aromatic amines is 2. The van der Waals surface area contributed by atoms with Gasteiger partial charge in [0.05, 0.1) is 63.3 Å². The average Bonchev–Trinajstić information content (AvgIpc) is 4.20. The monoisotopic (exact) mass is 926 g/mol. The Kier molecular flexibility index (Phi) is 16.0. The fraction of sp³-hybridized carbons (Fsp3) is 0.447. The van der Waals surface area contributed by atoms with Crippen molar-refractivity contribution in [2.75, 3.05) is 68.0 Å². The van der Waals surface area contributed by atoms with E-state index in [4.69, 9.17) is 38.4 Å². The van der Waals surface area contributed by atoms with Gasteiger partial charge in [-0.1, -0.05) is 44.2 Å². The predicted octanol–water partition coefficient (Wildman–Crippen LogP) is 7.05. The molecule has 352 valence electrons. The number of amides is 4. The number of aromatic nitrogens is 4. The van der Waals surface area contributed by atoms with Crippen LogP contribution in [0.3, 0.4) is 0 Å². The van der Waals surface area contributed by atoms with Crippen LogP contribution in [-0.2, 0) is 28.5 Å². The Morgan fingerprint density at radius 3 is 1.82 bits per heavy atom. The summed E-state index contributed by atoms with van der Waals surface area (Å²) in [5, 5.41) is 7.27. The van der Waals surface area contributed by atoms with Crippen molar-refractivity contribution in [3.63, 3.8) is 0 Å². The molecule has 18 nitrogen and oxygen atoms in total. The number of ether oxygens (including phenoxy) is 6. The number of methoxy groups -OCH3 is 4. The standard InChI is InChI=1S/C47H58N8O10S/c1-28(2)38(52-46(58)62-5)44(56)54-19-7-10-35(54)42-48-26-33(50-42)30-15-13-29(14-16-30)31-17-18-32(41(65-24-22-61-4)40(31)64-23-21-60-3)34-27-49-43(51-34)36-11-8-20-55(36)45(57)39(53-47(59)63-6)37-12-9-25-66-37/h9,12-18,25-28,35-36,38-39H,7-8,10-11,19-24H2,1-6H3,(H,48,50)(H,49,51)(H,52,58)(H,53,59). The summed E-state index contributed by atoms with van der Waals surface area (Å²) in [5.41, 5.74) is 4.69. The van der Waals surface area contributed by atoms with E-state index in [-0.39, 0.29) is 43.0 Å². The molecule has 5 aromatic rings. The number of imidazole rings is 2. The van der Waals surface area contributed by atoms with Crippen molar-refractivity contribution in [1.82, 2.24) is 40.4 Å². The van der Waals surface area contributed by atoms with Gasteiger partial charge in [-0.3, -0.25) is 9.59 Å². The molecule has 4 N–H and O–H groups in total. The predicted molar refractivity (Wildman–Crippen MR) is 246 cm³/mol. The summed E-state index contributed by atoms with van der Waals surface area (Å²) < 4.78 is 33.3. The largest absolute Gasteiger partial charge is 0.487 e. The number of rotatable bonds is 19. The number of carbonyl (C=O) groups is 4. The van der Waals surface area contributed by atoms with Gasteiger partial charge in [0.1, 0.15) is 36.9 Å². The summed E-state index contributed by atoms with van der Waals surface area (Å²) in [5.74, 6) is 1.71. The van der Waals surface area contributed by atoms with Gasteiger partial charge >= 0.3 is 12.2 Å². The molecular formula is C47H58N8O10S. The van der Waals surface area contributed by atoms with Gasteiger partial charge in [-0.15, -0.1) is 11.3 Å². The Balaban J connectivity index is 1.16. The number of hydrogen-bond donors (Lipinski definition) is 4. The average molecular weight is 927 g/mol. The number of likely N-dealkylation sites (tertiary alicyclic amines) is 2. The van der Waals surface area contributed by atoms with Crippen molar-refractivity contribution >= 4 is 35.3 Å². The van der Waals surface area contributed by atoms with Crippen molar-refractivity contribution in [3.8, 4) is 45.1 Å². The molecule has 2 saturated heterocycles. The van der Waals surface area contributed by atoms with Gasteiger partial charge in [0.15, 0.2) is 11.5 Å². The lowest BCUT2D eigenvalue weighted by Crippen LogP contribution is -2.51. The molecule has 0 saturated carbocycles. The lowest BCUT2D eigenvalue weighted by Gasteiger charge is -2.30. The Hall–Kier alpha value is -6.44. The molecule has 0 bridgehead atoms. The van der Waals surface area contributed by atoms with Crippen molar-refractivity contribution in [2.24, 2.45) is 5.92 Å². The zero-order valence-corrected chi connectivity index (χ0v) is 38.9. The normalized spacial score (nSPS) is 16.8. The highest BCUT2D eigenvalue weighted by Gasteiger charge is 2.39. The zero-order valence-electron chi connectivity index (χ0n) is 38.1. The molecule has 2 aromatic carbocycles. The number of nitrogens with zero attached hydrogens (tertiary/aromatic N) is 4. The molecule has 66 heavy (non-hydrogen) atoms. The quantitative estimate of drug-likeness (QED) is 0.0614. The first kappa shape index (κ1) is 47.5. The second-order valence-corrected chi connectivity index (χ2v) is 17.2. The van der Waals surface area contributed by atoms with E-state index in [0.29, 0.717) is 72.0 Å². The van der Waals surface area contributed by atoms with Gasteiger partial charge in [-0.05, 0) is 66.3 Å². The Morgan fingerprint density at radius 2 is 1.24 bits per heavy atom. The maximum atomic E-state index is 14.1. The van der Waals surface area contributed by atoms with Crippen LogP contribution in [0.4, 0.5) is 9.59 Å². The van der Waals surface area contributed by atoms with E-state index in [1.54, 1.807) is 36.4 Å². The molecule has 0 aliphatic carbocycles. The molecule has 0 radical (unpaired) electrons. The molecule has 2 aliphatic rings. The highest BCUT2D eigenvalue weighted by Crippen LogP contribution is 2.46. The molecule has 3 aromatic heterocycles. The van der Waals surface area contributed by atoms with E-state index < -0.39 is 24.3 Å².